The average molecular weight is 134 g/mol. The molecule has 0 fully saturated rings. The summed E-state index contributed by atoms with van der Waals surface area (Å²) in [5.74, 6) is 0.222. The van der Waals surface area contributed by atoms with Gasteiger partial charge in [0.15, 0.2) is 0 Å². The van der Waals surface area contributed by atoms with E-state index in [0.717, 1.165) is 0 Å². The molecule has 0 aliphatic rings. The van der Waals surface area contributed by atoms with Crippen molar-refractivity contribution >= 4 is 11.1 Å². The molecule has 0 heterocycles. The maximum atomic E-state index is 9.37. The lowest BCUT2D eigenvalue weighted by molar-refractivity contribution is 0.538. The van der Waals surface area contributed by atoms with Gasteiger partial charge in [-0.1, -0.05) is 18.0 Å². The first-order chi connectivity index (χ1) is 3.68. The topological polar surface area (TPSA) is 63.9 Å². The van der Waals surface area contributed by atoms with Crippen molar-refractivity contribution in [1.29, 1.82) is 5.26 Å². The third-order valence-electron chi connectivity index (χ3n) is 0.236. The van der Waals surface area contributed by atoms with Gasteiger partial charge in [-0.15, -0.1) is 0 Å². The highest BCUT2D eigenvalue weighted by Gasteiger charge is 1.62. The third kappa shape index (κ3) is 46.3. The maximum absolute atomic E-state index is 9.37. The predicted octanol–water partition coefficient (Wildman–Crippen LogP) is 0.415. The molecule has 0 aromatic heterocycles. The lowest BCUT2D eigenvalue weighted by Crippen LogP contribution is -1.85. The normalized spacial score (nSPS) is 10.2. The Hall–Kier alpha value is -0.400. The SMILES string of the molecule is CC#N.CCS(=O)[O-]. The van der Waals surface area contributed by atoms with Gasteiger partial charge < -0.3 is 4.55 Å². The van der Waals surface area contributed by atoms with Crippen molar-refractivity contribution in [1.82, 2.24) is 0 Å². The first-order valence-corrected chi connectivity index (χ1v) is 3.30. The Kier molecular flexibility index (Phi) is 12.9. The van der Waals surface area contributed by atoms with Gasteiger partial charge in [0, 0.05) is 12.7 Å². The van der Waals surface area contributed by atoms with Crippen molar-refractivity contribution in [3.05, 3.63) is 0 Å². The Morgan fingerprint density at radius 2 is 2.00 bits per heavy atom. The van der Waals surface area contributed by atoms with Crippen LogP contribution in [0.1, 0.15) is 13.8 Å². The molecule has 0 aromatic rings. The van der Waals surface area contributed by atoms with Gasteiger partial charge >= 0.3 is 0 Å². The van der Waals surface area contributed by atoms with Crippen molar-refractivity contribution in [2.45, 2.75) is 13.8 Å². The first-order valence-electron chi connectivity index (χ1n) is 2.05. The average Bonchev–Trinajstić information content (AvgIpc) is 1.69. The van der Waals surface area contributed by atoms with Crippen LogP contribution in [0.5, 0.6) is 0 Å². The molecule has 1 atom stereocenters. The molecule has 0 bridgehead atoms. The highest BCUT2D eigenvalue weighted by molar-refractivity contribution is 7.79. The highest BCUT2D eigenvalue weighted by atomic mass is 32.2. The van der Waals surface area contributed by atoms with Crippen molar-refractivity contribution < 1.29 is 8.76 Å². The molecule has 8 heavy (non-hydrogen) atoms. The zero-order chi connectivity index (χ0) is 6.99. The van der Waals surface area contributed by atoms with E-state index in [9.17, 15) is 8.76 Å². The molecule has 0 spiro atoms. The van der Waals surface area contributed by atoms with E-state index in [1.54, 1.807) is 13.0 Å². The minimum absolute atomic E-state index is 0.222. The van der Waals surface area contributed by atoms with Gasteiger partial charge in [0.25, 0.3) is 0 Å². The molecule has 0 aromatic carbocycles. The van der Waals surface area contributed by atoms with Gasteiger partial charge in [0.05, 0.1) is 6.07 Å². The number of rotatable bonds is 1. The number of nitrogens with zero attached hydrogens (tertiary/aromatic N) is 1. The standard InChI is InChI=1S/C2H3N.C2H6O2S/c1-2-3;1-2-5(3)4/h1H3;2H2,1H3,(H,3,4)/p-1. The summed E-state index contributed by atoms with van der Waals surface area (Å²) in [5, 5.41) is 7.32. The van der Waals surface area contributed by atoms with Crippen LogP contribution in [-0.2, 0) is 11.1 Å². The Morgan fingerprint density at radius 3 is 2.00 bits per heavy atom. The fourth-order valence-corrected chi connectivity index (χ4v) is 0. The van der Waals surface area contributed by atoms with Crippen molar-refractivity contribution in [3.63, 3.8) is 0 Å². The van der Waals surface area contributed by atoms with E-state index in [4.69, 9.17) is 5.26 Å². The van der Waals surface area contributed by atoms with Crippen molar-refractivity contribution in [2.24, 2.45) is 0 Å². The smallest absolute Gasteiger partial charge is 0.0587 e. The van der Waals surface area contributed by atoms with Gasteiger partial charge in [-0.2, -0.15) is 5.26 Å². The van der Waals surface area contributed by atoms with E-state index in [1.165, 1.54) is 6.92 Å². The minimum Gasteiger partial charge on any atom is -0.772 e. The quantitative estimate of drug-likeness (QED) is 0.488. The van der Waals surface area contributed by atoms with E-state index < -0.39 is 11.1 Å². The summed E-state index contributed by atoms with van der Waals surface area (Å²) < 4.78 is 18.7. The van der Waals surface area contributed by atoms with Crippen LogP contribution in [0, 0.1) is 11.3 Å². The molecule has 0 N–H and O–H groups in total. The molecule has 0 saturated heterocycles. The molecule has 0 aliphatic carbocycles. The molecule has 1 unspecified atom stereocenters. The largest absolute Gasteiger partial charge is 0.772 e. The van der Waals surface area contributed by atoms with Crippen molar-refractivity contribution in [2.75, 3.05) is 5.75 Å². The maximum Gasteiger partial charge on any atom is 0.0587 e. The van der Waals surface area contributed by atoms with E-state index >= 15 is 0 Å². The van der Waals surface area contributed by atoms with Gasteiger partial charge in [0.1, 0.15) is 0 Å². The van der Waals surface area contributed by atoms with Crippen LogP contribution >= 0.6 is 0 Å². The summed E-state index contributed by atoms with van der Waals surface area (Å²) in [6.45, 7) is 3.02. The molecule has 0 saturated carbocycles. The second-order valence-corrected chi connectivity index (χ2v) is 2.00. The molecule has 0 rings (SSSR count). The van der Waals surface area contributed by atoms with E-state index in [0.29, 0.717) is 0 Å². The van der Waals surface area contributed by atoms with Crippen LogP contribution in [0.4, 0.5) is 0 Å². The van der Waals surface area contributed by atoms with Crippen LogP contribution in [-0.4, -0.2) is 14.5 Å². The molecule has 4 heteroatoms. The van der Waals surface area contributed by atoms with Crippen LogP contribution in [0.3, 0.4) is 0 Å². The first kappa shape index (κ1) is 10.6. The van der Waals surface area contributed by atoms with Crippen LogP contribution < -0.4 is 0 Å². The summed E-state index contributed by atoms with van der Waals surface area (Å²) in [6, 6.07) is 1.75. The molecule has 0 amide bonds. The van der Waals surface area contributed by atoms with E-state index in [2.05, 4.69) is 0 Å². The second-order valence-electron chi connectivity index (χ2n) is 0.816. The zero-order valence-corrected chi connectivity index (χ0v) is 5.70. The highest BCUT2D eigenvalue weighted by Crippen LogP contribution is 1.63. The van der Waals surface area contributed by atoms with E-state index in [1.807, 2.05) is 0 Å². The molecule has 0 radical (unpaired) electrons. The molecular weight excluding hydrogens is 126 g/mol. The number of nitriles is 1. The summed E-state index contributed by atoms with van der Waals surface area (Å²) in [7, 11) is 0. The molecular formula is C4H8NO2S-. The Morgan fingerprint density at radius 1 is 1.88 bits per heavy atom. The predicted molar refractivity (Wildman–Crippen MR) is 30.7 cm³/mol. The molecule has 0 aliphatic heterocycles. The minimum atomic E-state index is -1.82. The lowest BCUT2D eigenvalue weighted by atomic mass is 11.0. The third-order valence-corrected chi connectivity index (χ3v) is 0.707. The summed E-state index contributed by atoms with van der Waals surface area (Å²) in [5.41, 5.74) is 0. The summed E-state index contributed by atoms with van der Waals surface area (Å²) >= 11 is -1.82. The number of hydrogen-bond acceptors (Lipinski definition) is 3. The summed E-state index contributed by atoms with van der Waals surface area (Å²) in [4.78, 5) is 0. The van der Waals surface area contributed by atoms with Crippen molar-refractivity contribution in [3.8, 4) is 6.07 Å². The molecule has 48 valence electrons. The lowest BCUT2D eigenvalue weighted by Gasteiger charge is -1.93. The fourth-order valence-electron chi connectivity index (χ4n) is 0. The van der Waals surface area contributed by atoms with Crippen LogP contribution in [0.25, 0.3) is 0 Å². The van der Waals surface area contributed by atoms with Gasteiger partial charge in [0.2, 0.25) is 0 Å². The monoisotopic (exact) mass is 134 g/mol. The summed E-state index contributed by atoms with van der Waals surface area (Å²) in [6.07, 6.45) is 0. The Balaban J connectivity index is 0. The number of hydrogen-bond donors (Lipinski definition) is 0. The Bertz CT molecular complexity index is 96.7. The second kappa shape index (κ2) is 9.78. The van der Waals surface area contributed by atoms with Crippen LogP contribution in [0.15, 0.2) is 0 Å². The fraction of sp³-hybridized carbons (Fsp3) is 0.750. The van der Waals surface area contributed by atoms with Gasteiger partial charge in [-0.25, -0.2) is 0 Å². The Labute approximate surface area is 51.6 Å². The van der Waals surface area contributed by atoms with Gasteiger partial charge in [-0.3, -0.25) is 4.21 Å². The molecule has 3 nitrogen and oxygen atoms in total. The van der Waals surface area contributed by atoms with Gasteiger partial charge in [-0.05, 0) is 0 Å². The van der Waals surface area contributed by atoms with Crippen LogP contribution in [0.2, 0.25) is 0 Å². The zero-order valence-electron chi connectivity index (χ0n) is 4.88. The van der Waals surface area contributed by atoms with E-state index in [-0.39, 0.29) is 5.75 Å².